The van der Waals surface area contributed by atoms with E-state index in [1.807, 2.05) is 6.07 Å². The second-order valence-electron chi connectivity index (χ2n) is 3.01. The van der Waals surface area contributed by atoms with Crippen LogP contribution in [-0.2, 0) is 4.74 Å². The average Bonchev–Trinajstić information content (AvgIpc) is 2.73. The van der Waals surface area contributed by atoms with E-state index in [0.29, 0.717) is 24.3 Å². The summed E-state index contributed by atoms with van der Waals surface area (Å²) in [4.78, 5) is 12.8. The van der Waals surface area contributed by atoms with E-state index in [1.165, 1.54) is 11.3 Å². The number of esters is 1. The summed E-state index contributed by atoms with van der Waals surface area (Å²) < 4.78 is 4.87. The monoisotopic (exact) mass is 238 g/mol. The van der Waals surface area contributed by atoms with Gasteiger partial charge in [0.25, 0.3) is 0 Å². The molecule has 0 aliphatic carbocycles. The Labute approximate surface area is 99.1 Å². The summed E-state index contributed by atoms with van der Waals surface area (Å²) in [6.07, 6.45) is 1.35. The smallest absolute Gasteiger partial charge is 0.348 e. The summed E-state index contributed by atoms with van der Waals surface area (Å²) in [5.74, 6) is 5.59. The summed E-state index contributed by atoms with van der Waals surface area (Å²) in [7, 11) is 0. The van der Waals surface area contributed by atoms with Gasteiger partial charge in [-0.1, -0.05) is 11.8 Å². The van der Waals surface area contributed by atoms with Crippen LogP contribution in [-0.4, -0.2) is 24.3 Å². The lowest BCUT2D eigenvalue weighted by atomic mass is 10.3. The standard InChI is InChI=1S/C12H14O3S/c1-2-15-12(14)11-8-7-10(16-11)6-4-3-5-9-13/h7-8,13H,2-3,5,9H2,1H3. The molecule has 0 aromatic carbocycles. The first-order valence-corrected chi connectivity index (χ1v) is 5.96. The number of carbonyl (C=O) groups is 1. The first-order valence-electron chi connectivity index (χ1n) is 5.14. The number of hydrogen-bond donors (Lipinski definition) is 1. The van der Waals surface area contributed by atoms with E-state index >= 15 is 0 Å². The van der Waals surface area contributed by atoms with Gasteiger partial charge in [0, 0.05) is 13.0 Å². The predicted octanol–water partition coefficient (Wildman–Crippen LogP) is 2.05. The summed E-state index contributed by atoms with van der Waals surface area (Å²) in [5, 5.41) is 8.57. The molecule has 0 fully saturated rings. The SMILES string of the molecule is CCOC(=O)c1ccc(C#CCCCO)s1. The van der Waals surface area contributed by atoms with Crippen LogP contribution in [0, 0.1) is 11.8 Å². The number of unbranched alkanes of at least 4 members (excludes halogenated alkanes) is 1. The van der Waals surface area contributed by atoms with Crippen LogP contribution in [0.4, 0.5) is 0 Å². The predicted molar refractivity (Wildman–Crippen MR) is 63.5 cm³/mol. The third-order valence-electron chi connectivity index (χ3n) is 1.75. The van der Waals surface area contributed by atoms with Crippen LogP contribution in [0.2, 0.25) is 0 Å². The highest BCUT2D eigenvalue weighted by atomic mass is 32.1. The van der Waals surface area contributed by atoms with Crippen LogP contribution < -0.4 is 0 Å². The van der Waals surface area contributed by atoms with Gasteiger partial charge in [0.1, 0.15) is 4.88 Å². The second kappa shape index (κ2) is 7.04. The quantitative estimate of drug-likeness (QED) is 0.496. The van der Waals surface area contributed by atoms with E-state index in [2.05, 4.69) is 11.8 Å². The molecule has 0 aliphatic heterocycles. The van der Waals surface area contributed by atoms with Crippen LogP contribution in [0.25, 0.3) is 0 Å². The maximum atomic E-state index is 11.3. The first kappa shape index (κ1) is 12.8. The Kier molecular flexibility index (Phi) is 5.62. The highest BCUT2D eigenvalue weighted by molar-refractivity contribution is 7.14. The molecule has 0 spiro atoms. The van der Waals surface area contributed by atoms with E-state index in [4.69, 9.17) is 9.84 Å². The highest BCUT2D eigenvalue weighted by Gasteiger charge is 2.08. The molecular weight excluding hydrogens is 224 g/mol. The fraction of sp³-hybridized carbons (Fsp3) is 0.417. The third kappa shape index (κ3) is 4.05. The van der Waals surface area contributed by atoms with Gasteiger partial charge in [-0.05, 0) is 25.5 Å². The van der Waals surface area contributed by atoms with Crippen molar-refractivity contribution >= 4 is 17.3 Å². The van der Waals surface area contributed by atoms with Crippen molar-refractivity contribution < 1.29 is 14.6 Å². The van der Waals surface area contributed by atoms with Crippen molar-refractivity contribution in [3.05, 3.63) is 21.9 Å². The lowest BCUT2D eigenvalue weighted by molar-refractivity contribution is 0.0532. The molecule has 0 saturated carbocycles. The molecule has 1 N–H and O–H groups in total. The van der Waals surface area contributed by atoms with Crippen LogP contribution in [0.1, 0.15) is 34.3 Å². The molecule has 0 atom stereocenters. The first-order chi connectivity index (χ1) is 7.77. The molecule has 0 radical (unpaired) electrons. The molecule has 16 heavy (non-hydrogen) atoms. The van der Waals surface area contributed by atoms with Gasteiger partial charge in [-0.15, -0.1) is 11.3 Å². The van der Waals surface area contributed by atoms with E-state index in [-0.39, 0.29) is 12.6 Å². The molecule has 1 rings (SSSR count). The summed E-state index contributed by atoms with van der Waals surface area (Å²) in [6.45, 7) is 2.32. The molecule has 1 aromatic rings. The molecule has 0 saturated heterocycles. The minimum atomic E-state index is -0.295. The summed E-state index contributed by atoms with van der Waals surface area (Å²) >= 11 is 1.33. The lowest BCUT2D eigenvalue weighted by Crippen LogP contribution is -2.01. The van der Waals surface area contributed by atoms with Crippen molar-refractivity contribution in [3.8, 4) is 11.8 Å². The van der Waals surface area contributed by atoms with Gasteiger partial charge < -0.3 is 9.84 Å². The van der Waals surface area contributed by atoms with E-state index in [0.717, 1.165) is 4.88 Å². The third-order valence-corrected chi connectivity index (χ3v) is 2.73. The van der Waals surface area contributed by atoms with Crippen molar-refractivity contribution in [2.45, 2.75) is 19.8 Å². The normalized spacial score (nSPS) is 9.38. The number of aliphatic hydroxyl groups is 1. The molecule has 1 aromatic heterocycles. The number of ether oxygens (including phenoxy) is 1. The van der Waals surface area contributed by atoms with Crippen molar-refractivity contribution in [2.75, 3.05) is 13.2 Å². The Morgan fingerprint density at radius 2 is 2.38 bits per heavy atom. The van der Waals surface area contributed by atoms with Crippen molar-refractivity contribution in [1.82, 2.24) is 0 Å². The molecule has 0 bridgehead atoms. The molecule has 3 nitrogen and oxygen atoms in total. The minimum Gasteiger partial charge on any atom is -0.462 e. The van der Waals surface area contributed by atoms with Crippen molar-refractivity contribution in [1.29, 1.82) is 0 Å². The average molecular weight is 238 g/mol. The van der Waals surface area contributed by atoms with Crippen molar-refractivity contribution in [3.63, 3.8) is 0 Å². The molecule has 0 amide bonds. The fourth-order valence-electron chi connectivity index (χ4n) is 1.03. The van der Waals surface area contributed by atoms with E-state index in [9.17, 15) is 4.79 Å². The van der Waals surface area contributed by atoms with E-state index in [1.54, 1.807) is 13.0 Å². The molecule has 86 valence electrons. The number of hydrogen-bond acceptors (Lipinski definition) is 4. The van der Waals surface area contributed by atoms with Gasteiger partial charge in [0.2, 0.25) is 0 Å². The zero-order valence-electron chi connectivity index (χ0n) is 9.16. The Bertz CT molecular complexity index is 398. The van der Waals surface area contributed by atoms with Gasteiger partial charge in [-0.2, -0.15) is 0 Å². The zero-order valence-corrected chi connectivity index (χ0v) is 9.97. The van der Waals surface area contributed by atoms with Gasteiger partial charge in [0.15, 0.2) is 0 Å². The molecule has 1 heterocycles. The maximum Gasteiger partial charge on any atom is 0.348 e. The van der Waals surface area contributed by atoms with Crippen LogP contribution >= 0.6 is 11.3 Å². The Morgan fingerprint density at radius 1 is 1.56 bits per heavy atom. The largest absolute Gasteiger partial charge is 0.462 e. The second-order valence-corrected chi connectivity index (χ2v) is 4.10. The topological polar surface area (TPSA) is 46.5 Å². The fourth-order valence-corrected chi connectivity index (χ4v) is 1.81. The van der Waals surface area contributed by atoms with E-state index < -0.39 is 0 Å². The highest BCUT2D eigenvalue weighted by Crippen LogP contribution is 2.16. The van der Waals surface area contributed by atoms with Crippen molar-refractivity contribution in [2.24, 2.45) is 0 Å². The van der Waals surface area contributed by atoms with Gasteiger partial charge >= 0.3 is 5.97 Å². The van der Waals surface area contributed by atoms with Gasteiger partial charge in [0.05, 0.1) is 11.5 Å². The Morgan fingerprint density at radius 3 is 3.06 bits per heavy atom. The summed E-state index contributed by atoms with van der Waals surface area (Å²) in [6, 6.07) is 3.53. The Hall–Kier alpha value is -1.31. The van der Waals surface area contributed by atoms with Crippen LogP contribution in [0.5, 0.6) is 0 Å². The minimum absolute atomic E-state index is 0.160. The number of rotatable bonds is 4. The van der Waals surface area contributed by atoms with Gasteiger partial charge in [-0.25, -0.2) is 4.79 Å². The zero-order chi connectivity index (χ0) is 11.8. The van der Waals surface area contributed by atoms with Crippen LogP contribution in [0.3, 0.4) is 0 Å². The number of thiophene rings is 1. The maximum absolute atomic E-state index is 11.3. The molecular formula is C12H14O3S. The van der Waals surface area contributed by atoms with Crippen LogP contribution in [0.15, 0.2) is 12.1 Å². The molecule has 0 unspecified atom stereocenters. The Balaban J connectivity index is 2.56. The number of aliphatic hydroxyl groups excluding tert-OH is 1. The number of carbonyl (C=O) groups excluding carboxylic acids is 1. The lowest BCUT2D eigenvalue weighted by Gasteiger charge is -1.95. The molecule has 0 aliphatic rings. The van der Waals surface area contributed by atoms with Gasteiger partial charge in [-0.3, -0.25) is 0 Å². The molecule has 4 heteroatoms. The summed E-state index contributed by atoms with van der Waals surface area (Å²) in [5.41, 5.74) is 0.